The van der Waals surface area contributed by atoms with Crippen LogP contribution in [0.25, 0.3) is 11.1 Å². The van der Waals surface area contributed by atoms with Gasteiger partial charge >= 0.3 is 0 Å². The molecule has 5 heteroatoms. The molecule has 0 unspecified atom stereocenters. The number of carbonyl (C=O) groups excluding carboxylic acids is 1. The van der Waals surface area contributed by atoms with E-state index in [1.54, 1.807) is 7.11 Å². The quantitative estimate of drug-likeness (QED) is 0.891. The van der Waals surface area contributed by atoms with E-state index in [2.05, 4.69) is 0 Å². The first-order valence-electron chi connectivity index (χ1n) is 5.36. The lowest BCUT2D eigenvalue weighted by Gasteiger charge is -2.07. The average molecular weight is 262 g/mol. The maximum absolute atomic E-state index is 11.4. The van der Waals surface area contributed by atoms with Crippen molar-refractivity contribution in [3.05, 3.63) is 34.7 Å². The first-order chi connectivity index (χ1) is 8.54. The van der Waals surface area contributed by atoms with Crippen molar-refractivity contribution in [1.29, 1.82) is 0 Å². The molecule has 2 rings (SSSR count). The van der Waals surface area contributed by atoms with E-state index in [0.29, 0.717) is 10.6 Å². The van der Waals surface area contributed by atoms with Gasteiger partial charge in [0.25, 0.3) is 5.91 Å². The molecular formula is C13H14N2O2S. The van der Waals surface area contributed by atoms with Gasteiger partial charge in [0.15, 0.2) is 0 Å². The third-order valence-corrected chi connectivity index (χ3v) is 3.58. The molecule has 0 aliphatic rings. The SMILES string of the molecule is COc1ccc(-c2csc(N)c2C(N)=O)cc1C. The maximum atomic E-state index is 11.4. The van der Waals surface area contributed by atoms with Gasteiger partial charge in [-0.2, -0.15) is 0 Å². The van der Waals surface area contributed by atoms with E-state index in [9.17, 15) is 4.79 Å². The third kappa shape index (κ3) is 2.04. The van der Waals surface area contributed by atoms with Crippen LogP contribution in [-0.4, -0.2) is 13.0 Å². The summed E-state index contributed by atoms with van der Waals surface area (Å²) in [7, 11) is 1.62. The summed E-state index contributed by atoms with van der Waals surface area (Å²) in [4.78, 5) is 11.4. The average Bonchev–Trinajstić information content (AvgIpc) is 2.71. The van der Waals surface area contributed by atoms with Crippen molar-refractivity contribution < 1.29 is 9.53 Å². The number of anilines is 1. The van der Waals surface area contributed by atoms with E-state index in [1.165, 1.54) is 11.3 Å². The molecule has 1 heterocycles. The highest BCUT2D eigenvalue weighted by Crippen LogP contribution is 2.35. The number of hydrogen-bond acceptors (Lipinski definition) is 4. The molecule has 0 aliphatic heterocycles. The zero-order valence-corrected chi connectivity index (χ0v) is 11.0. The summed E-state index contributed by atoms with van der Waals surface area (Å²) in [5.74, 6) is 0.305. The zero-order chi connectivity index (χ0) is 13.3. The Labute approximate surface area is 109 Å². The second kappa shape index (κ2) is 4.70. The summed E-state index contributed by atoms with van der Waals surface area (Å²) in [5, 5.41) is 2.29. The highest BCUT2D eigenvalue weighted by molar-refractivity contribution is 7.15. The second-order valence-electron chi connectivity index (χ2n) is 3.94. The van der Waals surface area contributed by atoms with Gasteiger partial charge in [-0.25, -0.2) is 0 Å². The fraction of sp³-hybridized carbons (Fsp3) is 0.154. The molecule has 1 aromatic carbocycles. The number of primary amides is 1. The van der Waals surface area contributed by atoms with Gasteiger partial charge in [-0.3, -0.25) is 4.79 Å². The zero-order valence-electron chi connectivity index (χ0n) is 10.2. The van der Waals surface area contributed by atoms with Crippen molar-refractivity contribution >= 4 is 22.2 Å². The molecule has 0 bridgehead atoms. The normalized spacial score (nSPS) is 10.3. The Morgan fingerprint density at radius 3 is 2.67 bits per heavy atom. The molecule has 0 atom stereocenters. The number of thiophene rings is 1. The second-order valence-corrected chi connectivity index (χ2v) is 4.85. The number of carbonyl (C=O) groups is 1. The molecule has 2 aromatic rings. The van der Waals surface area contributed by atoms with Crippen molar-refractivity contribution in [2.24, 2.45) is 5.73 Å². The van der Waals surface area contributed by atoms with Crippen molar-refractivity contribution in [3.63, 3.8) is 0 Å². The molecule has 1 aromatic heterocycles. The van der Waals surface area contributed by atoms with E-state index in [-0.39, 0.29) is 0 Å². The van der Waals surface area contributed by atoms with Gasteiger partial charge in [0, 0.05) is 10.9 Å². The fourth-order valence-corrected chi connectivity index (χ4v) is 2.71. The molecular weight excluding hydrogens is 248 g/mol. The minimum Gasteiger partial charge on any atom is -0.496 e. The third-order valence-electron chi connectivity index (χ3n) is 2.77. The fourth-order valence-electron chi connectivity index (χ4n) is 1.89. The first kappa shape index (κ1) is 12.4. The van der Waals surface area contributed by atoms with E-state index < -0.39 is 5.91 Å². The van der Waals surface area contributed by atoms with Crippen LogP contribution in [0.5, 0.6) is 5.75 Å². The van der Waals surface area contributed by atoms with E-state index in [1.807, 2.05) is 30.5 Å². The largest absolute Gasteiger partial charge is 0.496 e. The van der Waals surface area contributed by atoms with Crippen molar-refractivity contribution in [3.8, 4) is 16.9 Å². The van der Waals surface area contributed by atoms with Gasteiger partial charge in [0.05, 0.1) is 17.7 Å². The highest BCUT2D eigenvalue weighted by atomic mass is 32.1. The van der Waals surface area contributed by atoms with Crippen LogP contribution in [0.4, 0.5) is 5.00 Å². The molecule has 0 aliphatic carbocycles. The number of benzene rings is 1. The van der Waals surface area contributed by atoms with Gasteiger partial charge in [-0.05, 0) is 30.2 Å². The van der Waals surface area contributed by atoms with Crippen LogP contribution < -0.4 is 16.2 Å². The van der Waals surface area contributed by atoms with Gasteiger partial charge in [-0.1, -0.05) is 6.07 Å². The number of methoxy groups -OCH3 is 1. The van der Waals surface area contributed by atoms with Crippen LogP contribution in [0.2, 0.25) is 0 Å². The van der Waals surface area contributed by atoms with Crippen LogP contribution in [0.1, 0.15) is 15.9 Å². The molecule has 0 saturated heterocycles. The highest BCUT2D eigenvalue weighted by Gasteiger charge is 2.16. The lowest BCUT2D eigenvalue weighted by Crippen LogP contribution is -2.12. The summed E-state index contributed by atoms with van der Waals surface area (Å²) < 4.78 is 5.21. The van der Waals surface area contributed by atoms with E-state index in [4.69, 9.17) is 16.2 Å². The number of nitrogens with two attached hydrogens (primary N) is 2. The Morgan fingerprint density at radius 2 is 2.11 bits per heavy atom. The summed E-state index contributed by atoms with van der Waals surface area (Å²) in [6, 6.07) is 5.70. The summed E-state index contributed by atoms with van der Waals surface area (Å²) in [5.41, 5.74) is 14.2. The standard InChI is InChI=1S/C13H14N2O2S/c1-7-5-8(3-4-10(7)17-2)9-6-18-13(15)11(9)12(14)16/h3-6H,15H2,1-2H3,(H2,14,16). The topological polar surface area (TPSA) is 78.3 Å². The van der Waals surface area contributed by atoms with Crippen LogP contribution in [0.15, 0.2) is 23.6 Å². The summed E-state index contributed by atoms with van der Waals surface area (Å²) in [6.45, 7) is 1.95. The Hall–Kier alpha value is -2.01. The Bertz CT molecular complexity index is 605. The maximum Gasteiger partial charge on any atom is 0.252 e. The van der Waals surface area contributed by atoms with Gasteiger partial charge in [0.1, 0.15) is 5.75 Å². The molecule has 1 amide bonds. The minimum atomic E-state index is -0.503. The van der Waals surface area contributed by atoms with Gasteiger partial charge in [-0.15, -0.1) is 11.3 Å². The number of nitrogen functional groups attached to an aromatic ring is 1. The number of rotatable bonds is 3. The lowest BCUT2D eigenvalue weighted by molar-refractivity contribution is 0.100. The van der Waals surface area contributed by atoms with E-state index in [0.717, 1.165) is 22.4 Å². The van der Waals surface area contributed by atoms with Gasteiger partial charge < -0.3 is 16.2 Å². The van der Waals surface area contributed by atoms with E-state index >= 15 is 0 Å². The predicted molar refractivity (Wildman–Crippen MR) is 74.0 cm³/mol. The Balaban J connectivity index is 2.56. The monoisotopic (exact) mass is 262 g/mol. The van der Waals surface area contributed by atoms with Crippen LogP contribution in [-0.2, 0) is 0 Å². The summed E-state index contributed by atoms with van der Waals surface area (Å²) >= 11 is 1.32. The van der Waals surface area contributed by atoms with Crippen molar-refractivity contribution in [1.82, 2.24) is 0 Å². The summed E-state index contributed by atoms with van der Waals surface area (Å²) in [6.07, 6.45) is 0. The Morgan fingerprint density at radius 1 is 1.39 bits per heavy atom. The molecule has 4 N–H and O–H groups in total. The minimum absolute atomic E-state index is 0.393. The van der Waals surface area contributed by atoms with Crippen LogP contribution >= 0.6 is 11.3 Å². The van der Waals surface area contributed by atoms with Crippen LogP contribution in [0.3, 0.4) is 0 Å². The van der Waals surface area contributed by atoms with Crippen molar-refractivity contribution in [2.45, 2.75) is 6.92 Å². The smallest absolute Gasteiger partial charge is 0.252 e. The number of ether oxygens (including phenoxy) is 1. The Kier molecular flexibility index (Phi) is 3.25. The first-order valence-corrected chi connectivity index (χ1v) is 6.24. The molecule has 0 spiro atoms. The lowest BCUT2D eigenvalue weighted by atomic mass is 10.0. The number of aryl methyl sites for hydroxylation is 1. The molecule has 4 nitrogen and oxygen atoms in total. The predicted octanol–water partition coefficient (Wildman–Crippen LogP) is 2.41. The van der Waals surface area contributed by atoms with Crippen molar-refractivity contribution in [2.75, 3.05) is 12.8 Å². The number of amides is 1. The molecule has 18 heavy (non-hydrogen) atoms. The van der Waals surface area contributed by atoms with Crippen LogP contribution in [0, 0.1) is 6.92 Å². The molecule has 0 fully saturated rings. The number of hydrogen-bond donors (Lipinski definition) is 2. The molecule has 94 valence electrons. The molecule has 0 radical (unpaired) electrons. The van der Waals surface area contributed by atoms with Gasteiger partial charge in [0.2, 0.25) is 0 Å². The molecule has 0 saturated carbocycles.